The van der Waals surface area contributed by atoms with Crippen LogP contribution in [0.3, 0.4) is 0 Å². The molecule has 0 atom stereocenters. The highest BCUT2D eigenvalue weighted by atomic mass is 15.1. The Morgan fingerprint density at radius 3 is 1.45 bits per heavy atom. The number of para-hydroxylation sites is 1. The second kappa shape index (κ2) is 10.9. The SMILES string of the molecule is Cc1ccc2c(c1)c1cc(C)ccc1n2-c1ccc(N(c2ccccc2)c2ccc(/C=C/c3ccccc3)cc2)cc1. The molecule has 6 aromatic carbocycles. The molecule has 202 valence electrons. The summed E-state index contributed by atoms with van der Waals surface area (Å²) in [4.78, 5) is 2.31. The molecular formula is C40H32N2. The summed E-state index contributed by atoms with van der Waals surface area (Å²) in [5.74, 6) is 0. The third-order valence-corrected chi connectivity index (χ3v) is 7.88. The van der Waals surface area contributed by atoms with E-state index < -0.39 is 0 Å². The quantitative estimate of drug-likeness (QED) is 0.190. The van der Waals surface area contributed by atoms with Gasteiger partial charge in [-0.05, 0) is 97.8 Å². The van der Waals surface area contributed by atoms with Crippen LogP contribution in [-0.4, -0.2) is 4.57 Å². The fraction of sp³-hybridized carbons (Fsp3) is 0.0500. The van der Waals surface area contributed by atoms with E-state index >= 15 is 0 Å². The van der Waals surface area contributed by atoms with Gasteiger partial charge in [0.25, 0.3) is 0 Å². The molecule has 0 fully saturated rings. The predicted octanol–water partition coefficient (Wildman–Crippen LogP) is 11.0. The van der Waals surface area contributed by atoms with Crippen LogP contribution in [0.2, 0.25) is 0 Å². The molecule has 2 nitrogen and oxygen atoms in total. The van der Waals surface area contributed by atoms with Gasteiger partial charge in [0.05, 0.1) is 11.0 Å². The Bertz CT molecular complexity index is 1960. The summed E-state index contributed by atoms with van der Waals surface area (Å²) in [5.41, 5.74) is 11.9. The Morgan fingerprint density at radius 2 is 0.905 bits per heavy atom. The van der Waals surface area contributed by atoms with Crippen LogP contribution in [0.4, 0.5) is 17.1 Å². The Hall–Kier alpha value is -5.34. The molecule has 2 heteroatoms. The largest absolute Gasteiger partial charge is 0.311 e. The Kier molecular flexibility index (Phi) is 6.65. The molecule has 0 N–H and O–H groups in total. The van der Waals surface area contributed by atoms with E-state index in [4.69, 9.17) is 0 Å². The number of fused-ring (bicyclic) bond motifs is 3. The van der Waals surface area contributed by atoms with Gasteiger partial charge in [0.1, 0.15) is 0 Å². The summed E-state index contributed by atoms with van der Waals surface area (Å²) in [6, 6.07) is 52.2. The van der Waals surface area contributed by atoms with Gasteiger partial charge in [-0.3, -0.25) is 0 Å². The zero-order chi connectivity index (χ0) is 28.5. The van der Waals surface area contributed by atoms with Crippen molar-refractivity contribution < 1.29 is 0 Å². The lowest BCUT2D eigenvalue weighted by atomic mass is 10.1. The van der Waals surface area contributed by atoms with Crippen LogP contribution in [0.15, 0.2) is 146 Å². The minimum atomic E-state index is 1.12. The van der Waals surface area contributed by atoms with E-state index in [0.29, 0.717) is 0 Å². The van der Waals surface area contributed by atoms with Crippen LogP contribution < -0.4 is 4.90 Å². The van der Waals surface area contributed by atoms with Crippen molar-refractivity contribution in [1.82, 2.24) is 4.57 Å². The summed E-state index contributed by atoms with van der Waals surface area (Å²) in [5, 5.41) is 2.59. The second-order valence-corrected chi connectivity index (χ2v) is 10.9. The third-order valence-electron chi connectivity index (χ3n) is 7.88. The number of benzene rings is 6. The average molecular weight is 541 g/mol. The summed E-state index contributed by atoms with van der Waals surface area (Å²) in [7, 11) is 0. The number of nitrogens with zero attached hydrogens (tertiary/aromatic N) is 2. The third kappa shape index (κ3) is 4.88. The number of anilines is 3. The molecule has 0 aliphatic heterocycles. The molecule has 7 aromatic rings. The van der Waals surface area contributed by atoms with Crippen molar-refractivity contribution in [3.8, 4) is 5.69 Å². The van der Waals surface area contributed by atoms with Gasteiger partial charge < -0.3 is 9.47 Å². The van der Waals surface area contributed by atoms with Gasteiger partial charge >= 0.3 is 0 Å². The number of hydrogen-bond donors (Lipinski definition) is 0. The maximum absolute atomic E-state index is 2.38. The molecule has 1 heterocycles. The van der Waals surface area contributed by atoms with Crippen LogP contribution in [0.25, 0.3) is 39.6 Å². The van der Waals surface area contributed by atoms with E-state index in [1.807, 2.05) is 6.07 Å². The number of hydrogen-bond acceptors (Lipinski definition) is 1. The molecule has 0 radical (unpaired) electrons. The fourth-order valence-corrected chi connectivity index (χ4v) is 5.80. The van der Waals surface area contributed by atoms with Crippen molar-refractivity contribution in [2.75, 3.05) is 4.90 Å². The van der Waals surface area contributed by atoms with E-state index in [1.165, 1.54) is 44.1 Å². The van der Waals surface area contributed by atoms with Gasteiger partial charge in [-0.25, -0.2) is 0 Å². The van der Waals surface area contributed by atoms with Gasteiger partial charge in [-0.1, -0.05) is 96.1 Å². The summed E-state index contributed by atoms with van der Waals surface area (Å²) in [6.45, 7) is 4.33. The molecule has 0 amide bonds. The van der Waals surface area contributed by atoms with Crippen molar-refractivity contribution >= 4 is 51.0 Å². The van der Waals surface area contributed by atoms with Crippen LogP contribution in [0.5, 0.6) is 0 Å². The minimum absolute atomic E-state index is 1.12. The molecule has 7 rings (SSSR count). The van der Waals surface area contributed by atoms with Gasteiger partial charge in [-0.15, -0.1) is 0 Å². The fourth-order valence-electron chi connectivity index (χ4n) is 5.80. The smallest absolute Gasteiger partial charge is 0.0541 e. The van der Waals surface area contributed by atoms with Crippen LogP contribution in [0.1, 0.15) is 22.3 Å². The lowest BCUT2D eigenvalue weighted by Crippen LogP contribution is -2.10. The zero-order valence-electron chi connectivity index (χ0n) is 23.9. The van der Waals surface area contributed by atoms with Gasteiger partial charge in [0, 0.05) is 33.5 Å². The normalized spacial score (nSPS) is 11.5. The van der Waals surface area contributed by atoms with Gasteiger partial charge in [0.2, 0.25) is 0 Å². The van der Waals surface area contributed by atoms with E-state index in [-0.39, 0.29) is 0 Å². The summed E-state index contributed by atoms with van der Waals surface area (Å²) < 4.78 is 2.38. The molecule has 0 saturated heterocycles. The number of aromatic nitrogens is 1. The maximum Gasteiger partial charge on any atom is 0.0541 e. The molecule has 0 unspecified atom stereocenters. The maximum atomic E-state index is 2.38. The van der Waals surface area contributed by atoms with E-state index in [9.17, 15) is 0 Å². The molecule has 0 aliphatic carbocycles. The van der Waals surface area contributed by atoms with E-state index in [0.717, 1.165) is 22.7 Å². The molecule has 0 spiro atoms. The lowest BCUT2D eigenvalue weighted by molar-refractivity contribution is 1.17. The topological polar surface area (TPSA) is 8.17 Å². The number of aryl methyl sites for hydroxylation is 2. The van der Waals surface area contributed by atoms with Crippen LogP contribution >= 0.6 is 0 Å². The van der Waals surface area contributed by atoms with Crippen molar-refractivity contribution in [2.24, 2.45) is 0 Å². The highest BCUT2D eigenvalue weighted by Gasteiger charge is 2.15. The first-order valence-electron chi connectivity index (χ1n) is 14.4. The van der Waals surface area contributed by atoms with Crippen molar-refractivity contribution in [3.05, 3.63) is 168 Å². The molecule has 0 saturated carbocycles. The Balaban J connectivity index is 1.27. The predicted molar refractivity (Wildman–Crippen MR) is 180 cm³/mol. The standard InChI is InChI=1S/C40H32N2/c1-29-13-25-39-37(27-29)38-28-30(2)14-26-40(38)42(39)36-23-21-35(22-24-36)41(33-11-7-4-8-12-33)34-19-17-32(18-20-34)16-15-31-9-5-3-6-10-31/h3-28H,1-2H3/b16-15+. The summed E-state index contributed by atoms with van der Waals surface area (Å²) >= 11 is 0. The van der Waals surface area contributed by atoms with Crippen LogP contribution in [-0.2, 0) is 0 Å². The highest BCUT2D eigenvalue weighted by molar-refractivity contribution is 6.09. The molecule has 1 aromatic heterocycles. The molecule has 42 heavy (non-hydrogen) atoms. The average Bonchev–Trinajstić information content (AvgIpc) is 3.35. The number of rotatable bonds is 6. The first kappa shape index (κ1) is 25.6. The highest BCUT2D eigenvalue weighted by Crippen LogP contribution is 2.37. The van der Waals surface area contributed by atoms with Gasteiger partial charge in [0.15, 0.2) is 0 Å². The molecule has 0 aliphatic rings. The van der Waals surface area contributed by atoms with E-state index in [2.05, 4.69) is 175 Å². The first-order valence-corrected chi connectivity index (χ1v) is 14.4. The Labute approximate surface area is 247 Å². The summed E-state index contributed by atoms with van der Waals surface area (Å²) in [6.07, 6.45) is 4.31. The minimum Gasteiger partial charge on any atom is -0.311 e. The van der Waals surface area contributed by atoms with Crippen molar-refractivity contribution in [3.63, 3.8) is 0 Å². The first-order chi connectivity index (χ1) is 20.6. The zero-order valence-corrected chi connectivity index (χ0v) is 23.9. The Morgan fingerprint density at radius 1 is 0.452 bits per heavy atom. The second-order valence-electron chi connectivity index (χ2n) is 10.9. The molecule has 0 bridgehead atoms. The lowest BCUT2D eigenvalue weighted by Gasteiger charge is -2.26. The van der Waals surface area contributed by atoms with Crippen molar-refractivity contribution in [2.45, 2.75) is 13.8 Å². The van der Waals surface area contributed by atoms with Crippen molar-refractivity contribution in [1.29, 1.82) is 0 Å². The van der Waals surface area contributed by atoms with E-state index in [1.54, 1.807) is 0 Å². The van der Waals surface area contributed by atoms with Crippen LogP contribution in [0, 0.1) is 13.8 Å². The monoisotopic (exact) mass is 540 g/mol. The molecular weight excluding hydrogens is 508 g/mol. The van der Waals surface area contributed by atoms with Gasteiger partial charge in [-0.2, -0.15) is 0 Å².